The molecule has 0 saturated heterocycles. The summed E-state index contributed by atoms with van der Waals surface area (Å²) in [5.41, 5.74) is 7.13. The summed E-state index contributed by atoms with van der Waals surface area (Å²) in [5.74, 6) is -0.880. The summed E-state index contributed by atoms with van der Waals surface area (Å²) in [7, 11) is 0. The van der Waals surface area contributed by atoms with Crippen LogP contribution in [0.5, 0.6) is 0 Å². The summed E-state index contributed by atoms with van der Waals surface area (Å²) in [6, 6.07) is 13.6. The molecule has 5 rings (SSSR count). The number of carboxylic acids is 1. The Morgan fingerprint density at radius 3 is 2.87 bits per heavy atom. The fourth-order valence-corrected chi connectivity index (χ4v) is 5.08. The number of aromatic carboxylic acids is 1. The molecule has 30 heavy (non-hydrogen) atoms. The lowest BCUT2D eigenvalue weighted by Gasteiger charge is -2.29. The van der Waals surface area contributed by atoms with Crippen LogP contribution in [-0.4, -0.2) is 45.7 Å². The fraction of sp³-hybridized carbons (Fsp3) is 0.320. The number of aryl methyl sites for hydroxylation is 1. The van der Waals surface area contributed by atoms with Gasteiger partial charge in [-0.05, 0) is 72.2 Å². The van der Waals surface area contributed by atoms with Crippen molar-refractivity contribution in [3.05, 3.63) is 76.5 Å². The molecule has 0 spiro atoms. The lowest BCUT2D eigenvalue weighted by molar-refractivity contribution is 0.0699. The summed E-state index contributed by atoms with van der Waals surface area (Å²) < 4.78 is 0. The third-order valence-corrected chi connectivity index (χ3v) is 6.56. The van der Waals surface area contributed by atoms with Gasteiger partial charge in [0, 0.05) is 30.2 Å². The summed E-state index contributed by atoms with van der Waals surface area (Å²) >= 11 is 0. The van der Waals surface area contributed by atoms with Gasteiger partial charge in [-0.2, -0.15) is 0 Å². The molecule has 0 saturated carbocycles. The van der Waals surface area contributed by atoms with Crippen molar-refractivity contribution in [3.8, 4) is 0 Å². The van der Waals surface area contributed by atoms with Gasteiger partial charge < -0.3 is 15.2 Å². The van der Waals surface area contributed by atoms with Gasteiger partial charge in [-0.3, -0.25) is 4.90 Å². The summed E-state index contributed by atoms with van der Waals surface area (Å²) in [4.78, 5) is 17.2. The summed E-state index contributed by atoms with van der Waals surface area (Å²) in [6.07, 6.45) is 5.40. The van der Waals surface area contributed by atoms with Crippen LogP contribution in [0.15, 0.2) is 54.2 Å². The minimum Gasteiger partial charge on any atom is -0.478 e. The average Bonchev–Trinajstić information content (AvgIpc) is 3.30. The van der Waals surface area contributed by atoms with E-state index in [0.29, 0.717) is 5.56 Å². The molecule has 3 N–H and O–H groups in total. The molecule has 1 aromatic heterocycles. The van der Waals surface area contributed by atoms with Crippen LogP contribution in [-0.2, 0) is 6.42 Å². The van der Waals surface area contributed by atoms with Gasteiger partial charge in [-0.15, -0.1) is 0 Å². The van der Waals surface area contributed by atoms with Gasteiger partial charge in [0.1, 0.15) is 6.10 Å². The molecule has 0 bridgehead atoms. The molecule has 0 amide bonds. The normalized spacial score (nSPS) is 18.6. The number of rotatable bonds is 6. The Hall–Kier alpha value is -2.89. The van der Waals surface area contributed by atoms with Gasteiger partial charge in [-0.1, -0.05) is 30.3 Å². The molecule has 2 aromatic carbocycles. The number of hydrogen-bond acceptors (Lipinski definition) is 3. The Balaban J connectivity index is 1.20. The highest BCUT2D eigenvalue weighted by molar-refractivity contribution is 6.04. The Bertz CT molecular complexity index is 1140. The maximum absolute atomic E-state index is 11.6. The summed E-state index contributed by atoms with van der Waals surface area (Å²) in [6.45, 7) is 2.85. The molecule has 0 radical (unpaired) electrons. The molecular weight excluding hydrogens is 376 g/mol. The van der Waals surface area contributed by atoms with Crippen molar-refractivity contribution in [2.45, 2.75) is 31.8 Å². The lowest BCUT2D eigenvalue weighted by atomic mass is 9.98. The predicted molar refractivity (Wildman–Crippen MR) is 118 cm³/mol. The smallest absolute Gasteiger partial charge is 0.336 e. The van der Waals surface area contributed by atoms with Crippen molar-refractivity contribution in [1.29, 1.82) is 0 Å². The number of carboxylic acid groups (broad SMARTS) is 1. The van der Waals surface area contributed by atoms with Crippen molar-refractivity contribution in [2.24, 2.45) is 0 Å². The zero-order valence-electron chi connectivity index (χ0n) is 16.9. The van der Waals surface area contributed by atoms with Crippen LogP contribution in [0.4, 0.5) is 0 Å². The predicted octanol–water partition coefficient (Wildman–Crippen LogP) is 4.40. The van der Waals surface area contributed by atoms with Crippen LogP contribution in [0.25, 0.3) is 16.5 Å². The zero-order chi connectivity index (χ0) is 20.7. The Labute approximate surface area is 175 Å². The van der Waals surface area contributed by atoms with Crippen molar-refractivity contribution in [3.63, 3.8) is 0 Å². The number of aromatic nitrogens is 1. The number of H-pyrrole nitrogens is 1. The Morgan fingerprint density at radius 1 is 1.13 bits per heavy atom. The van der Waals surface area contributed by atoms with Gasteiger partial charge >= 0.3 is 5.97 Å². The van der Waals surface area contributed by atoms with Crippen molar-refractivity contribution in [2.75, 3.05) is 19.6 Å². The number of carbonyl (C=O) groups is 1. The number of unbranched alkanes of at least 4 members (excludes halogenated alkanes) is 1. The van der Waals surface area contributed by atoms with Crippen LogP contribution in [0.3, 0.4) is 0 Å². The Morgan fingerprint density at radius 2 is 2.00 bits per heavy atom. The van der Waals surface area contributed by atoms with Crippen LogP contribution < -0.4 is 0 Å². The van der Waals surface area contributed by atoms with E-state index in [9.17, 15) is 15.0 Å². The maximum Gasteiger partial charge on any atom is 0.336 e. The van der Waals surface area contributed by atoms with E-state index >= 15 is 0 Å². The van der Waals surface area contributed by atoms with E-state index in [1.54, 1.807) is 12.1 Å². The largest absolute Gasteiger partial charge is 0.478 e. The third kappa shape index (κ3) is 3.24. The van der Waals surface area contributed by atoms with Crippen LogP contribution in [0.2, 0.25) is 0 Å². The highest BCUT2D eigenvalue weighted by Crippen LogP contribution is 2.44. The van der Waals surface area contributed by atoms with Gasteiger partial charge in [0.25, 0.3) is 0 Å². The van der Waals surface area contributed by atoms with E-state index in [4.69, 9.17) is 0 Å². The lowest BCUT2D eigenvalue weighted by Crippen LogP contribution is -2.32. The third-order valence-electron chi connectivity index (χ3n) is 6.56. The van der Waals surface area contributed by atoms with E-state index in [1.165, 1.54) is 16.7 Å². The highest BCUT2D eigenvalue weighted by atomic mass is 16.4. The van der Waals surface area contributed by atoms with Gasteiger partial charge in [0.05, 0.1) is 5.56 Å². The first kappa shape index (κ1) is 19.1. The quantitative estimate of drug-likeness (QED) is 0.534. The number of hydrogen-bond donors (Lipinski definition) is 3. The number of nitrogens with one attached hydrogen (secondary N) is 1. The number of aromatic amines is 1. The van der Waals surface area contributed by atoms with Crippen LogP contribution >= 0.6 is 0 Å². The van der Waals surface area contributed by atoms with E-state index in [-0.39, 0.29) is 0 Å². The second-order valence-corrected chi connectivity index (χ2v) is 8.32. The minimum absolute atomic E-state index is 0.369. The van der Waals surface area contributed by atoms with Crippen LogP contribution in [0.1, 0.15) is 52.4 Å². The highest BCUT2D eigenvalue weighted by Gasteiger charge is 2.32. The molecule has 1 aliphatic carbocycles. The van der Waals surface area contributed by atoms with Crippen LogP contribution in [0, 0.1) is 0 Å². The molecule has 5 nitrogen and oxygen atoms in total. The second-order valence-electron chi connectivity index (χ2n) is 8.32. The first-order valence-corrected chi connectivity index (χ1v) is 10.7. The number of aliphatic hydroxyl groups excluding tert-OH is 1. The first-order valence-electron chi connectivity index (χ1n) is 10.7. The summed E-state index contributed by atoms with van der Waals surface area (Å²) in [5, 5.41) is 21.0. The standard InChI is InChI=1S/C25H26N2O3/c28-24-19-8-2-1-7-17(19)18-11-13-27(15-21(18)24)12-4-3-6-16-14-26-22-10-5-9-20(23(16)22)25(29)30/h1-2,5,7-10,14,24,26,28H,3-4,6,11-13,15H2,(H,29,30). The van der Waals surface area contributed by atoms with Gasteiger partial charge in [0.15, 0.2) is 0 Å². The minimum atomic E-state index is -0.880. The molecular formula is C25H26N2O3. The molecule has 1 aliphatic heterocycles. The van der Waals surface area contributed by atoms with Gasteiger partial charge in [0.2, 0.25) is 0 Å². The van der Waals surface area contributed by atoms with Crippen molar-refractivity contribution in [1.82, 2.24) is 9.88 Å². The number of fused-ring (bicyclic) bond motifs is 3. The maximum atomic E-state index is 11.6. The van der Waals surface area contributed by atoms with E-state index in [1.807, 2.05) is 30.5 Å². The van der Waals surface area contributed by atoms with Crippen molar-refractivity contribution < 1.29 is 15.0 Å². The van der Waals surface area contributed by atoms with E-state index < -0.39 is 12.1 Å². The molecule has 0 fully saturated rings. The molecule has 3 aromatic rings. The molecule has 1 atom stereocenters. The molecule has 5 heteroatoms. The number of benzene rings is 2. The molecule has 2 heterocycles. The van der Waals surface area contributed by atoms with Crippen molar-refractivity contribution >= 4 is 22.4 Å². The number of aliphatic hydroxyl groups is 1. The van der Waals surface area contributed by atoms with E-state index in [0.717, 1.165) is 67.3 Å². The molecule has 154 valence electrons. The Kier molecular flexibility index (Phi) is 4.93. The zero-order valence-corrected chi connectivity index (χ0v) is 16.9. The topological polar surface area (TPSA) is 76.6 Å². The van der Waals surface area contributed by atoms with Gasteiger partial charge in [-0.25, -0.2) is 4.79 Å². The van der Waals surface area contributed by atoms with E-state index in [2.05, 4.69) is 16.0 Å². The second kappa shape index (κ2) is 7.74. The SMILES string of the molecule is O=C(O)c1cccc2[nH]cc(CCCCN3CCC4=C(C3)C(O)c3ccccc34)c12. The first-order chi connectivity index (χ1) is 14.6. The molecule has 1 unspecified atom stereocenters. The monoisotopic (exact) mass is 402 g/mol. The fourth-order valence-electron chi connectivity index (χ4n) is 5.08. The average molecular weight is 402 g/mol. The molecule has 2 aliphatic rings. The number of nitrogens with zero attached hydrogens (tertiary/aromatic N) is 1.